The van der Waals surface area contributed by atoms with E-state index in [9.17, 15) is 9.59 Å². The maximum atomic E-state index is 12.6. The number of carbonyl (C=O) groups excluding carboxylic acids is 2. The maximum absolute atomic E-state index is 12.6. The van der Waals surface area contributed by atoms with Gasteiger partial charge in [-0.15, -0.1) is 0 Å². The number of hydrogen-bond donors (Lipinski definition) is 2. The molecule has 6 heteroatoms. The molecule has 2 rings (SSSR count). The number of aromatic nitrogens is 1. The Hall–Kier alpha value is -3.28. The van der Waals surface area contributed by atoms with Gasteiger partial charge < -0.3 is 15.6 Å². The first-order valence-corrected chi connectivity index (χ1v) is 9.86. The number of amides is 2. The molecule has 1 aliphatic rings. The summed E-state index contributed by atoms with van der Waals surface area (Å²) in [7, 11) is 0. The lowest BCUT2D eigenvalue weighted by Crippen LogP contribution is -2.42. The zero-order valence-corrected chi connectivity index (χ0v) is 18.2. The van der Waals surface area contributed by atoms with E-state index in [4.69, 9.17) is 5.41 Å². The summed E-state index contributed by atoms with van der Waals surface area (Å²) < 4.78 is 0. The van der Waals surface area contributed by atoms with Gasteiger partial charge in [0, 0.05) is 30.4 Å². The van der Waals surface area contributed by atoms with Crippen LogP contribution in [0.5, 0.6) is 0 Å². The first-order chi connectivity index (χ1) is 14.0. The molecular formula is C24H30N4O2. The third-order valence-electron chi connectivity index (χ3n) is 4.80. The molecule has 2 amide bonds. The summed E-state index contributed by atoms with van der Waals surface area (Å²) >= 11 is 0. The summed E-state index contributed by atoms with van der Waals surface area (Å²) in [5, 5.41) is 10.4. The van der Waals surface area contributed by atoms with E-state index in [1.807, 2.05) is 25.7 Å². The van der Waals surface area contributed by atoms with Crippen molar-refractivity contribution < 1.29 is 9.59 Å². The summed E-state index contributed by atoms with van der Waals surface area (Å²) in [5.74, 6) is -0.256. The number of rotatable bonds is 6. The van der Waals surface area contributed by atoms with Gasteiger partial charge >= 0.3 is 0 Å². The summed E-state index contributed by atoms with van der Waals surface area (Å²) in [6.07, 6.45) is 9.03. The second-order valence-corrected chi connectivity index (χ2v) is 8.37. The minimum absolute atomic E-state index is 0.0994. The summed E-state index contributed by atoms with van der Waals surface area (Å²) in [5.41, 5.74) is 3.37. The van der Waals surface area contributed by atoms with Crippen LogP contribution in [0.25, 0.3) is 0 Å². The van der Waals surface area contributed by atoms with Gasteiger partial charge in [-0.05, 0) is 48.3 Å². The molecule has 30 heavy (non-hydrogen) atoms. The summed E-state index contributed by atoms with van der Waals surface area (Å²) in [6, 6.07) is 1.75. The van der Waals surface area contributed by atoms with E-state index in [0.717, 1.165) is 23.1 Å². The van der Waals surface area contributed by atoms with Crippen LogP contribution in [0, 0.1) is 10.8 Å². The molecule has 0 spiro atoms. The molecule has 6 nitrogen and oxygen atoms in total. The van der Waals surface area contributed by atoms with Gasteiger partial charge in [-0.1, -0.05) is 46.1 Å². The molecule has 0 saturated carbocycles. The Morgan fingerprint density at radius 3 is 2.63 bits per heavy atom. The number of fused-ring (bicyclic) bond motifs is 1. The first-order valence-electron chi connectivity index (χ1n) is 9.86. The summed E-state index contributed by atoms with van der Waals surface area (Å²) in [6.45, 7) is 16.1. The summed E-state index contributed by atoms with van der Waals surface area (Å²) in [4.78, 5) is 31.3. The van der Waals surface area contributed by atoms with E-state index in [-0.39, 0.29) is 17.5 Å². The molecule has 1 aliphatic heterocycles. The van der Waals surface area contributed by atoms with Gasteiger partial charge in [-0.3, -0.25) is 14.6 Å². The Morgan fingerprint density at radius 2 is 2.00 bits per heavy atom. The standard InChI is InChI=1S/C24H30N4O2/c1-7-20(25)16(2)9-8-10-17(3)27-22(29)21-13-19-15-28(23(30)24(4,5)6)12-11-18(19)14-26-21/h7-10,13-14,25H,1,3,11-12,15H2,2,4-6H3,(H,27,29)/b10-8-,16-9+,25-20?. The lowest BCUT2D eigenvalue weighted by molar-refractivity contribution is -0.140. The van der Waals surface area contributed by atoms with Crippen molar-refractivity contribution >= 4 is 17.5 Å². The Morgan fingerprint density at radius 1 is 1.30 bits per heavy atom. The highest BCUT2D eigenvalue weighted by atomic mass is 16.2. The zero-order valence-electron chi connectivity index (χ0n) is 18.2. The van der Waals surface area contributed by atoms with E-state index in [0.29, 0.717) is 24.5 Å². The van der Waals surface area contributed by atoms with Crippen LogP contribution in [-0.4, -0.2) is 34.0 Å². The minimum Gasteiger partial charge on any atom is -0.338 e. The van der Waals surface area contributed by atoms with E-state index in [2.05, 4.69) is 23.5 Å². The minimum atomic E-state index is -0.439. The average molecular weight is 407 g/mol. The van der Waals surface area contributed by atoms with Gasteiger partial charge in [0.2, 0.25) is 5.91 Å². The molecule has 158 valence electrons. The van der Waals surface area contributed by atoms with Crippen LogP contribution in [0.2, 0.25) is 0 Å². The quantitative estimate of drug-likeness (QED) is 0.554. The highest BCUT2D eigenvalue weighted by Gasteiger charge is 2.30. The van der Waals surface area contributed by atoms with Crippen molar-refractivity contribution in [2.45, 2.75) is 40.7 Å². The number of nitrogens with zero attached hydrogens (tertiary/aromatic N) is 2. The van der Waals surface area contributed by atoms with E-state index in [1.54, 1.807) is 37.4 Å². The number of hydrogen-bond acceptors (Lipinski definition) is 4. The molecule has 0 saturated heterocycles. The van der Waals surface area contributed by atoms with Crippen LogP contribution < -0.4 is 5.32 Å². The molecule has 1 aromatic rings. The molecule has 0 fully saturated rings. The number of allylic oxidation sites excluding steroid dienone is 5. The fourth-order valence-electron chi connectivity index (χ4n) is 3.02. The molecule has 0 unspecified atom stereocenters. The Labute approximate surface area is 178 Å². The van der Waals surface area contributed by atoms with Crippen molar-refractivity contribution in [2.24, 2.45) is 5.41 Å². The molecule has 0 radical (unpaired) electrons. The molecule has 0 atom stereocenters. The second kappa shape index (κ2) is 9.48. The van der Waals surface area contributed by atoms with E-state index >= 15 is 0 Å². The van der Waals surface area contributed by atoms with Gasteiger partial charge in [0.15, 0.2) is 0 Å². The third-order valence-corrected chi connectivity index (χ3v) is 4.80. The predicted molar refractivity (Wildman–Crippen MR) is 120 cm³/mol. The number of carbonyl (C=O) groups is 2. The monoisotopic (exact) mass is 406 g/mol. The normalized spacial score (nSPS) is 14.3. The van der Waals surface area contributed by atoms with Crippen LogP contribution >= 0.6 is 0 Å². The highest BCUT2D eigenvalue weighted by molar-refractivity contribution is 6.05. The van der Waals surface area contributed by atoms with Crippen LogP contribution in [0.1, 0.15) is 49.3 Å². The van der Waals surface area contributed by atoms with Gasteiger partial charge in [0.25, 0.3) is 5.91 Å². The van der Waals surface area contributed by atoms with Crippen molar-refractivity contribution in [1.29, 1.82) is 5.41 Å². The Kier molecular flexibility index (Phi) is 7.27. The highest BCUT2D eigenvalue weighted by Crippen LogP contribution is 2.24. The van der Waals surface area contributed by atoms with E-state index < -0.39 is 5.41 Å². The SMILES string of the molecule is C=CC(=N)/C(C)=C/C=C\C(=C)NC(=O)c1cc2c(cn1)CCN(C(=O)C(C)(C)C)C2. The molecular weight excluding hydrogens is 376 g/mol. The van der Waals surface area contributed by atoms with Gasteiger partial charge in [0.1, 0.15) is 5.69 Å². The van der Waals surface area contributed by atoms with Gasteiger partial charge in [-0.25, -0.2) is 0 Å². The molecule has 0 aliphatic carbocycles. The van der Waals surface area contributed by atoms with Crippen molar-refractivity contribution in [3.63, 3.8) is 0 Å². The largest absolute Gasteiger partial charge is 0.338 e. The van der Waals surface area contributed by atoms with Crippen molar-refractivity contribution in [3.05, 3.63) is 77.8 Å². The van der Waals surface area contributed by atoms with Crippen LogP contribution in [0.4, 0.5) is 0 Å². The molecule has 0 aromatic carbocycles. The molecule has 0 bridgehead atoms. The van der Waals surface area contributed by atoms with Crippen LogP contribution in [0.15, 0.2) is 61.0 Å². The van der Waals surface area contributed by atoms with Gasteiger partial charge in [-0.2, -0.15) is 0 Å². The molecule has 2 heterocycles. The maximum Gasteiger partial charge on any atom is 0.274 e. The fraction of sp³-hybridized carbons (Fsp3) is 0.333. The number of nitrogens with one attached hydrogen (secondary N) is 2. The van der Waals surface area contributed by atoms with E-state index in [1.165, 1.54) is 6.08 Å². The van der Waals surface area contributed by atoms with Crippen LogP contribution in [0.3, 0.4) is 0 Å². The fourth-order valence-corrected chi connectivity index (χ4v) is 3.02. The number of pyridine rings is 1. The molecule has 2 N–H and O–H groups in total. The smallest absolute Gasteiger partial charge is 0.274 e. The lowest BCUT2D eigenvalue weighted by atomic mass is 9.92. The predicted octanol–water partition coefficient (Wildman–Crippen LogP) is 3.96. The van der Waals surface area contributed by atoms with Crippen LogP contribution in [-0.2, 0) is 17.8 Å². The second-order valence-electron chi connectivity index (χ2n) is 8.37. The van der Waals surface area contributed by atoms with Crippen molar-refractivity contribution in [1.82, 2.24) is 15.2 Å². The topological polar surface area (TPSA) is 86.2 Å². The van der Waals surface area contributed by atoms with Crippen molar-refractivity contribution in [3.8, 4) is 0 Å². The molecule has 1 aromatic heterocycles. The lowest BCUT2D eigenvalue weighted by Gasteiger charge is -2.33. The Balaban J connectivity index is 2.06. The van der Waals surface area contributed by atoms with Crippen molar-refractivity contribution in [2.75, 3.05) is 6.54 Å². The zero-order chi connectivity index (χ0) is 22.5. The van der Waals surface area contributed by atoms with Gasteiger partial charge in [0.05, 0.1) is 5.71 Å². The average Bonchev–Trinajstić information content (AvgIpc) is 2.70. The Bertz CT molecular complexity index is 948. The third kappa shape index (κ3) is 5.86. The first kappa shape index (κ1) is 23.0.